The van der Waals surface area contributed by atoms with E-state index in [1.807, 2.05) is 41.5 Å². The van der Waals surface area contributed by atoms with Gasteiger partial charge in [-0.15, -0.1) is 0 Å². The number of nitrogens with two attached hydrogens (primary N) is 1. The van der Waals surface area contributed by atoms with Crippen molar-refractivity contribution in [1.29, 1.82) is 0 Å². The van der Waals surface area contributed by atoms with Crippen molar-refractivity contribution in [3.8, 4) is 0 Å². The molecule has 0 spiro atoms. The molecule has 0 aromatic heterocycles. The van der Waals surface area contributed by atoms with E-state index in [1.165, 1.54) is 51.4 Å². The van der Waals surface area contributed by atoms with E-state index in [4.69, 9.17) is 5.73 Å². The van der Waals surface area contributed by atoms with Crippen LogP contribution >= 0.6 is 0 Å². The van der Waals surface area contributed by atoms with Crippen LogP contribution in [-0.2, 0) is 0 Å². The van der Waals surface area contributed by atoms with Crippen LogP contribution in [0.15, 0.2) is 0 Å². The monoisotopic (exact) mass is 526 g/mol. The van der Waals surface area contributed by atoms with Crippen LogP contribution in [0.4, 0.5) is 0 Å². The summed E-state index contributed by atoms with van der Waals surface area (Å²) in [5.74, 6) is 7.47. The Labute approximate surface area is 236 Å². The first-order valence-corrected chi connectivity index (χ1v) is 17.4. The molecule has 0 aromatic rings. The fraction of sp³-hybridized carbons (Fsp3) is 1.00. The third-order valence-corrected chi connectivity index (χ3v) is 10.0. The van der Waals surface area contributed by atoms with Gasteiger partial charge in [-0.1, -0.05) is 88.0 Å². The molecule has 0 aromatic carbocycles. The fourth-order valence-electron chi connectivity index (χ4n) is 7.55. The third-order valence-electron chi connectivity index (χ3n) is 10.0. The molecule has 4 N–H and O–H groups in total. The smallest absolute Gasteiger partial charge is 0.00390 e. The number of unbranched alkanes of at least 4 members (excludes halogenated alkanes) is 1. The van der Waals surface area contributed by atoms with Crippen molar-refractivity contribution in [3.05, 3.63) is 0 Å². The molecule has 4 rings (SSSR count). The lowest BCUT2D eigenvalue weighted by Crippen LogP contribution is -2.33. The molecule has 0 heterocycles. The first kappa shape index (κ1) is 39.1. The summed E-state index contributed by atoms with van der Waals surface area (Å²) in [4.78, 5) is 0. The molecule has 4 fully saturated rings. The van der Waals surface area contributed by atoms with Crippen LogP contribution in [0.5, 0.6) is 0 Å². The molecule has 0 radical (unpaired) electrons. The Morgan fingerprint density at radius 1 is 0.405 bits per heavy atom. The molecule has 37 heavy (non-hydrogen) atoms. The largest absolute Gasteiger partial charge is 0.412 e. The van der Waals surface area contributed by atoms with Gasteiger partial charge in [-0.25, -0.2) is 0 Å². The summed E-state index contributed by atoms with van der Waals surface area (Å²) in [7, 11) is 0. The lowest BCUT2D eigenvalue weighted by molar-refractivity contribution is 0.0897. The van der Waals surface area contributed by atoms with Crippen LogP contribution in [0.25, 0.3) is 0 Å². The van der Waals surface area contributed by atoms with Crippen LogP contribution < -0.4 is 5.73 Å². The van der Waals surface area contributed by atoms with E-state index in [9.17, 15) is 0 Å². The zero-order valence-electron chi connectivity index (χ0n) is 27.4. The Kier molecular flexibility index (Phi) is 26.3. The highest BCUT2D eigenvalue weighted by Crippen LogP contribution is 2.47. The van der Waals surface area contributed by atoms with E-state index in [2.05, 4.69) is 20.8 Å². The summed E-state index contributed by atoms with van der Waals surface area (Å²) in [6.07, 6.45) is 26.7. The van der Waals surface area contributed by atoms with Crippen LogP contribution in [0.1, 0.15) is 178 Å². The molecule has 0 bridgehead atoms. The first-order chi connectivity index (χ1) is 17.6. The summed E-state index contributed by atoms with van der Waals surface area (Å²) in [6.45, 7) is 18.8. The Bertz CT molecular complexity index is 392. The van der Waals surface area contributed by atoms with E-state index in [-0.39, 0.29) is 5.48 Å². The van der Waals surface area contributed by atoms with Crippen molar-refractivity contribution in [3.63, 3.8) is 0 Å². The van der Waals surface area contributed by atoms with Gasteiger partial charge >= 0.3 is 0 Å². The molecule has 4 aliphatic carbocycles. The number of rotatable bonds is 4. The van der Waals surface area contributed by atoms with Gasteiger partial charge < -0.3 is 11.2 Å². The first-order valence-electron chi connectivity index (χ1n) is 17.4. The Balaban J connectivity index is 0. The normalized spacial score (nSPS) is 35.2. The number of hydrogen-bond donors (Lipinski definition) is 1. The summed E-state index contributed by atoms with van der Waals surface area (Å²) in [6, 6.07) is 0.519. The second-order valence-corrected chi connectivity index (χ2v) is 12.0. The molecule has 226 valence electrons. The second-order valence-electron chi connectivity index (χ2n) is 12.0. The van der Waals surface area contributed by atoms with Crippen molar-refractivity contribution in [1.82, 2.24) is 0 Å². The molecule has 0 amide bonds. The van der Waals surface area contributed by atoms with E-state index >= 15 is 0 Å². The maximum Gasteiger partial charge on any atom is 0.00390 e. The van der Waals surface area contributed by atoms with Crippen LogP contribution in [-0.4, -0.2) is 11.5 Å². The summed E-state index contributed by atoms with van der Waals surface area (Å²) >= 11 is 0. The van der Waals surface area contributed by atoms with Crippen LogP contribution in [0.2, 0.25) is 0 Å². The highest BCUT2D eigenvalue weighted by molar-refractivity contribution is 4.87. The zero-order chi connectivity index (χ0) is 27.3. The van der Waals surface area contributed by atoms with Gasteiger partial charge in [0, 0.05) is 6.04 Å². The van der Waals surface area contributed by atoms with Gasteiger partial charge in [0.25, 0.3) is 0 Å². The Morgan fingerprint density at radius 3 is 0.811 bits per heavy atom. The zero-order valence-corrected chi connectivity index (χ0v) is 27.4. The summed E-state index contributed by atoms with van der Waals surface area (Å²) in [5.41, 5.74) is 6.12. The maximum atomic E-state index is 6.12. The third kappa shape index (κ3) is 14.8. The van der Waals surface area contributed by atoms with Crippen LogP contribution in [0, 0.1) is 41.4 Å². The SMILES string of the molecule is CC.CC.CC.CC1CCC(C2CCC(C3CCC(C4CCC(N)CC4)CC3)CC2)CC1.CCCC.O. The van der Waals surface area contributed by atoms with E-state index < -0.39 is 0 Å². The molecule has 0 unspecified atom stereocenters. The van der Waals surface area contributed by atoms with Gasteiger partial charge in [-0.3, -0.25) is 0 Å². The topological polar surface area (TPSA) is 57.5 Å². The Hall–Kier alpha value is -0.0800. The van der Waals surface area contributed by atoms with Gasteiger partial charge in [0.05, 0.1) is 0 Å². The van der Waals surface area contributed by atoms with E-state index in [0.717, 1.165) is 41.4 Å². The maximum absolute atomic E-state index is 6.12. The van der Waals surface area contributed by atoms with Crippen molar-refractivity contribution in [2.24, 2.45) is 47.2 Å². The van der Waals surface area contributed by atoms with Gasteiger partial charge in [0.15, 0.2) is 0 Å². The molecule has 2 heteroatoms. The second kappa shape index (κ2) is 24.9. The molecule has 0 aliphatic heterocycles. The minimum absolute atomic E-state index is 0. The van der Waals surface area contributed by atoms with Crippen molar-refractivity contribution in [2.45, 2.75) is 184 Å². The lowest BCUT2D eigenvalue weighted by Gasteiger charge is -2.42. The minimum Gasteiger partial charge on any atom is -0.412 e. The van der Waals surface area contributed by atoms with E-state index in [0.29, 0.717) is 6.04 Å². The van der Waals surface area contributed by atoms with Gasteiger partial charge in [-0.2, -0.15) is 0 Å². The van der Waals surface area contributed by atoms with Crippen molar-refractivity contribution < 1.29 is 5.48 Å². The fourth-order valence-corrected chi connectivity index (χ4v) is 7.55. The standard InChI is InChI=1S/C25H45N.C4H10.3C2H6.H2O/c1-18-2-4-19(5-3-18)20-6-8-21(9-7-20)22-10-12-23(13-11-22)24-14-16-25(26)17-15-24;1-3-4-2;3*1-2;/h18-25H,2-17,26H2,1H3;3-4H2,1-2H3;3*1-2H3;1H2. The molecule has 4 saturated carbocycles. The van der Waals surface area contributed by atoms with Crippen molar-refractivity contribution in [2.75, 3.05) is 0 Å². The summed E-state index contributed by atoms with van der Waals surface area (Å²) in [5, 5.41) is 0. The number of hydrogen-bond acceptors (Lipinski definition) is 1. The minimum atomic E-state index is 0. The molecule has 0 atom stereocenters. The molecule has 2 nitrogen and oxygen atoms in total. The average molecular weight is 526 g/mol. The van der Waals surface area contributed by atoms with Gasteiger partial charge in [0.2, 0.25) is 0 Å². The summed E-state index contributed by atoms with van der Waals surface area (Å²) < 4.78 is 0. The van der Waals surface area contributed by atoms with E-state index in [1.54, 1.807) is 64.2 Å². The van der Waals surface area contributed by atoms with Crippen LogP contribution in [0.3, 0.4) is 0 Å². The average Bonchev–Trinajstić information content (AvgIpc) is 2.97. The highest BCUT2D eigenvalue weighted by atomic mass is 16.0. The molecule has 4 aliphatic rings. The predicted octanol–water partition coefficient (Wildman–Crippen LogP) is 11.0. The Morgan fingerprint density at radius 2 is 0.595 bits per heavy atom. The highest BCUT2D eigenvalue weighted by Gasteiger charge is 2.36. The molecular formula is C35H75NO. The quantitative estimate of drug-likeness (QED) is 0.390. The van der Waals surface area contributed by atoms with Gasteiger partial charge in [-0.05, 0) is 131 Å². The predicted molar refractivity (Wildman–Crippen MR) is 170 cm³/mol. The van der Waals surface area contributed by atoms with Gasteiger partial charge in [0.1, 0.15) is 0 Å². The lowest BCUT2D eigenvalue weighted by atomic mass is 9.63. The molecule has 0 saturated heterocycles. The van der Waals surface area contributed by atoms with Crippen molar-refractivity contribution >= 4 is 0 Å². The molecular weight excluding hydrogens is 450 g/mol.